The molecule has 0 aliphatic carbocycles. The van der Waals surface area contributed by atoms with Gasteiger partial charge in [-0.05, 0) is 194 Å². The quantitative estimate of drug-likeness (QED) is 0.115. The zero-order valence-corrected chi connectivity index (χ0v) is 62.9. The summed E-state index contributed by atoms with van der Waals surface area (Å²) in [6.07, 6.45) is 17.3. The van der Waals surface area contributed by atoms with Crippen molar-refractivity contribution in [2.45, 2.75) is 111 Å². The van der Waals surface area contributed by atoms with Crippen LogP contribution in [-0.2, 0) is 28.7 Å². The van der Waals surface area contributed by atoms with Gasteiger partial charge in [0.1, 0.15) is 79.5 Å². The molecule has 105 heavy (non-hydrogen) atoms. The van der Waals surface area contributed by atoms with Crippen LogP contribution in [-0.4, -0.2) is 245 Å². The number of fused-ring (bicyclic) bond motifs is 3. The van der Waals surface area contributed by atoms with Crippen LogP contribution >= 0.6 is 11.6 Å². The van der Waals surface area contributed by atoms with E-state index in [0.717, 1.165) is 151 Å². The molecule has 6 fully saturated rings. The molecule has 6 saturated heterocycles. The largest absolute Gasteiger partial charge is 0.444 e. The van der Waals surface area contributed by atoms with E-state index in [1.54, 1.807) is 61.0 Å². The Balaban J connectivity index is 0.000000142. The summed E-state index contributed by atoms with van der Waals surface area (Å²) < 4.78 is 57.9. The highest BCUT2D eigenvalue weighted by atomic mass is 35.5. The van der Waals surface area contributed by atoms with Crippen LogP contribution in [0.4, 0.5) is 34.4 Å². The monoisotopic (exact) mass is 1460 g/mol. The van der Waals surface area contributed by atoms with E-state index in [0.29, 0.717) is 89.5 Å². The second-order valence-corrected chi connectivity index (χ2v) is 31.0. The summed E-state index contributed by atoms with van der Waals surface area (Å²) in [5, 5.41) is 7.08. The number of rotatable bonds is 11. The topological polar surface area (TPSA) is 229 Å². The van der Waals surface area contributed by atoms with Crippen LogP contribution in [0.1, 0.15) is 97.1 Å². The molecule has 2 amide bonds. The first-order chi connectivity index (χ1) is 50.4. The van der Waals surface area contributed by atoms with E-state index >= 15 is 0 Å². The number of halogens is 4. The summed E-state index contributed by atoms with van der Waals surface area (Å²) in [7, 11) is 6.43. The van der Waals surface area contributed by atoms with Gasteiger partial charge in [-0.15, -0.1) is 0 Å². The van der Waals surface area contributed by atoms with Gasteiger partial charge in [0.15, 0.2) is 17.5 Å². The highest BCUT2D eigenvalue weighted by Gasteiger charge is 2.32. The average molecular weight is 1470 g/mol. The van der Waals surface area contributed by atoms with Gasteiger partial charge < -0.3 is 54.4 Å². The highest BCUT2D eigenvalue weighted by molar-refractivity contribution is 6.29. The number of hydrogen-bond donors (Lipinski definition) is 2. The maximum atomic E-state index is 14.1. The minimum absolute atomic E-state index is 0.236. The minimum atomic E-state index is -0.521. The van der Waals surface area contributed by atoms with Crippen molar-refractivity contribution in [1.29, 1.82) is 0 Å². The Kier molecular flexibility index (Phi) is 24.8. The Hall–Kier alpha value is -8.67. The lowest BCUT2D eigenvalue weighted by molar-refractivity contribution is 0.0156. The first-order valence-corrected chi connectivity index (χ1v) is 37.4. The van der Waals surface area contributed by atoms with Crippen molar-refractivity contribution in [1.82, 2.24) is 93.2 Å². The lowest BCUT2D eigenvalue weighted by Crippen LogP contribution is -2.45. The van der Waals surface area contributed by atoms with Gasteiger partial charge in [-0.1, -0.05) is 11.6 Å². The number of nitrogens with zero attached hydrogens (tertiary/aromatic N) is 19. The zero-order chi connectivity index (χ0) is 73.9. The second kappa shape index (κ2) is 34.3. The molecule has 2 N–H and O–H groups in total. The number of piperidine rings is 3. The van der Waals surface area contributed by atoms with Crippen molar-refractivity contribution in [2.75, 3.05) is 149 Å². The second-order valence-electron chi connectivity index (χ2n) is 30.6. The average Bonchev–Trinajstić information content (AvgIpc) is 1.71. The Morgan fingerprint density at radius 2 is 0.848 bits per heavy atom. The molecule has 6 aliphatic heterocycles. The van der Waals surface area contributed by atoms with Crippen LogP contribution in [0.15, 0.2) is 91.8 Å². The fraction of sp³-hybridized carbons (Fsp3) is 0.539. The number of hydrogen-bond acceptors (Lipinski definition) is 20. The molecule has 0 aromatic carbocycles. The van der Waals surface area contributed by atoms with Crippen molar-refractivity contribution < 1.29 is 32.2 Å². The summed E-state index contributed by atoms with van der Waals surface area (Å²) in [6.45, 7) is 28.4. The van der Waals surface area contributed by atoms with Gasteiger partial charge in [0.05, 0.1) is 18.6 Å². The van der Waals surface area contributed by atoms with E-state index in [9.17, 15) is 22.8 Å². The van der Waals surface area contributed by atoms with E-state index in [4.69, 9.17) is 41.0 Å². The van der Waals surface area contributed by atoms with Crippen LogP contribution in [0, 0.1) is 35.2 Å². The molecule has 9 aromatic rings. The zero-order valence-electron chi connectivity index (χ0n) is 62.1. The molecule has 0 saturated carbocycles. The molecular formula is C76H101ClF3N21O4. The van der Waals surface area contributed by atoms with Gasteiger partial charge in [-0.25, -0.2) is 67.6 Å². The highest BCUT2D eigenvalue weighted by Crippen LogP contribution is 2.31. The third kappa shape index (κ3) is 20.9. The first kappa shape index (κ1) is 76.0. The number of ether oxygens (including phenoxy) is 2. The van der Waals surface area contributed by atoms with Gasteiger partial charge in [0, 0.05) is 153 Å². The minimum Gasteiger partial charge on any atom is -0.444 e. The number of imidazole rings is 3. The normalized spacial score (nSPS) is 19.5. The van der Waals surface area contributed by atoms with Crippen LogP contribution in [0.5, 0.6) is 0 Å². The van der Waals surface area contributed by atoms with Crippen molar-refractivity contribution in [2.24, 2.45) is 17.8 Å². The summed E-state index contributed by atoms with van der Waals surface area (Å²) in [5.41, 5.74) is 5.59. The Bertz CT molecular complexity index is 4400. The third-order valence-corrected chi connectivity index (χ3v) is 19.8. The molecule has 9 aromatic heterocycles. The summed E-state index contributed by atoms with van der Waals surface area (Å²) in [5.74, 6) is 3.44. The van der Waals surface area contributed by atoms with Gasteiger partial charge in [-0.2, -0.15) is 0 Å². The molecule has 29 heteroatoms. The summed E-state index contributed by atoms with van der Waals surface area (Å²) in [4.78, 5) is 82.0. The number of nitrogens with one attached hydrogen (secondary N) is 2. The molecule has 0 radical (unpaired) electrons. The van der Waals surface area contributed by atoms with Gasteiger partial charge >= 0.3 is 12.2 Å². The van der Waals surface area contributed by atoms with E-state index in [1.165, 1.54) is 62.7 Å². The van der Waals surface area contributed by atoms with E-state index in [2.05, 4.69) is 93.3 Å². The molecule has 0 bridgehead atoms. The fourth-order valence-corrected chi connectivity index (χ4v) is 14.3. The maximum absolute atomic E-state index is 14.1. The molecule has 15 heterocycles. The fourth-order valence-electron chi connectivity index (χ4n) is 14.1. The lowest BCUT2D eigenvalue weighted by atomic mass is 9.93. The van der Waals surface area contributed by atoms with Gasteiger partial charge in [0.2, 0.25) is 0 Å². The van der Waals surface area contributed by atoms with E-state index in [1.807, 2.05) is 46.4 Å². The molecule has 0 unspecified atom stereocenters. The molecule has 25 nitrogen and oxygen atoms in total. The van der Waals surface area contributed by atoms with Crippen molar-refractivity contribution >= 4 is 52.4 Å². The smallest absolute Gasteiger partial charge is 0.410 e. The summed E-state index contributed by atoms with van der Waals surface area (Å²) >= 11 is 6.28. The Morgan fingerprint density at radius 3 is 1.23 bits per heavy atom. The molecule has 6 aliphatic rings. The number of piperazine rings is 3. The number of likely N-dealkylation sites (tertiary alicyclic amines) is 2. The summed E-state index contributed by atoms with van der Waals surface area (Å²) in [6, 6.07) is 15.1. The standard InChI is InChI=1S/C27H36FN7O2.C22H25ClFN5O2.C22H28FN7.C5H12N2/c1-27(2,3)37-26(36)34-9-5-6-19(17-34)14-21-15-24(33-12-10-32(4)11-13-33)31-25(30-21)22-16-29-23-8-7-20(28)18-35(22)23;1-22(2,3)31-21(30)28-8-4-5-14(12-28)9-16-10-18(23)27-20(26-16)17-11-25-19-7-6-15(24)13-29(17)19;1-28-7-9-29(10-8-28)21-12-18(11-16-3-2-6-24-13-16)26-22(27-21)19-14-25-20-5-4-17(23)15-30(19)20;1-7-4-2-6-3-5-7/h7-8,15-16,18-19H,5-6,9-14,17H2,1-4H3;6-7,10-11,13-14H,4-5,8-9,12H2,1-3H3;4-5,12,14-16,24H,2-3,6-11,13H2,1H3;6H,2-5H2,1H3/t19-;14-;16-;/m000./s1. The number of pyridine rings is 3. The van der Waals surface area contributed by atoms with E-state index < -0.39 is 11.2 Å². The van der Waals surface area contributed by atoms with Crippen molar-refractivity contribution in [3.63, 3.8) is 0 Å². The van der Waals surface area contributed by atoms with Gasteiger partial charge in [-0.3, -0.25) is 13.2 Å². The van der Waals surface area contributed by atoms with E-state index in [-0.39, 0.29) is 41.5 Å². The molecule has 0 spiro atoms. The van der Waals surface area contributed by atoms with Crippen molar-refractivity contribution in [3.05, 3.63) is 131 Å². The predicted octanol–water partition coefficient (Wildman–Crippen LogP) is 10.4. The van der Waals surface area contributed by atoms with Crippen LogP contribution < -0.4 is 20.4 Å². The molecule has 3 atom stereocenters. The van der Waals surface area contributed by atoms with Gasteiger partial charge in [0.25, 0.3) is 0 Å². The van der Waals surface area contributed by atoms with Crippen molar-refractivity contribution in [3.8, 4) is 34.6 Å². The van der Waals surface area contributed by atoms with Crippen LogP contribution in [0.2, 0.25) is 5.15 Å². The van der Waals surface area contributed by atoms with Crippen LogP contribution in [0.25, 0.3) is 51.5 Å². The molecular weight excluding hydrogens is 1360 g/mol. The number of aromatic nitrogens is 12. The first-order valence-electron chi connectivity index (χ1n) is 37.0. The number of anilines is 2. The Morgan fingerprint density at radius 1 is 0.467 bits per heavy atom. The predicted molar refractivity (Wildman–Crippen MR) is 401 cm³/mol. The third-order valence-electron chi connectivity index (χ3n) is 19.6. The Labute approximate surface area is 617 Å². The lowest BCUT2D eigenvalue weighted by Gasteiger charge is -2.35. The number of carbonyl (C=O) groups excluding carboxylic acids is 2. The van der Waals surface area contributed by atoms with Crippen LogP contribution in [0.3, 0.4) is 0 Å². The number of amides is 2. The SMILES string of the molecule is CC(C)(C)OC(=O)N1CCC[C@@H](Cc2cc(Cl)nc(-c3cnc4ccc(F)cn34)n2)C1.CN1CCN(c2cc(C[C@@H]3CCCN(C(=O)OC(C)(C)C)C3)nc(-c3cnc4ccc(F)cn34)n2)CC1.CN1CCN(c2cc(C[C@@H]3CCCNC3)nc(-c3cnc4ccc(F)cn34)n2)CC1.CN1CCNCC1. The number of carbonyl (C=O) groups is 2. The molecule has 562 valence electrons. The number of likely N-dealkylation sites (N-methyl/N-ethyl adjacent to an activating group) is 3. The maximum Gasteiger partial charge on any atom is 0.410 e. The molecule has 15 rings (SSSR count).